The zero-order valence-electron chi connectivity index (χ0n) is 45.6. The van der Waals surface area contributed by atoms with Crippen LogP contribution in [0, 0.1) is 27.7 Å². The number of rotatable bonds is 12. The summed E-state index contributed by atoms with van der Waals surface area (Å²) >= 11 is 0. The lowest BCUT2D eigenvalue weighted by atomic mass is 9.83. The zero-order valence-corrected chi connectivity index (χ0v) is 45.6. The minimum Gasteiger partial charge on any atom is -0.310 e. The summed E-state index contributed by atoms with van der Waals surface area (Å²) in [5.41, 5.74) is 21.2. The Morgan fingerprint density at radius 3 is 0.725 bits per heavy atom. The van der Waals surface area contributed by atoms with Gasteiger partial charge >= 0.3 is 0 Å². The van der Waals surface area contributed by atoms with Crippen LogP contribution in [0.3, 0.4) is 0 Å². The Balaban J connectivity index is 0.938. The first kappa shape index (κ1) is 49.5. The molecule has 0 radical (unpaired) electrons. The summed E-state index contributed by atoms with van der Waals surface area (Å²) in [6.07, 6.45) is 8.76. The van der Waals surface area contributed by atoms with Crippen molar-refractivity contribution < 1.29 is 0 Å². The van der Waals surface area contributed by atoms with Gasteiger partial charge in [0.2, 0.25) is 0 Å². The van der Waals surface area contributed by atoms with Crippen LogP contribution in [0.15, 0.2) is 267 Å². The molecule has 0 atom stereocenters. The van der Waals surface area contributed by atoms with Crippen LogP contribution >= 0.6 is 0 Å². The van der Waals surface area contributed by atoms with Gasteiger partial charge in [0.05, 0.1) is 11.4 Å². The highest BCUT2D eigenvalue weighted by Gasteiger charge is 2.24. The minimum atomic E-state index is 1.10. The van der Waals surface area contributed by atoms with Crippen molar-refractivity contribution >= 4 is 102 Å². The Hall–Kier alpha value is -10.0. The quantitative estimate of drug-likeness (QED) is 0.0889. The van der Waals surface area contributed by atoms with Gasteiger partial charge in [-0.1, -0.05) is 253 Å². The van der Waals surface area contributed by atoms with Crippen LogP contribution in [-0.4, -0.2) is 0 Å². The predicted molar refractivity (Wildman–Crippen MR) is 346 cm³/mol. The molecular formula is C78H60N2. The van der Waals surface area contributed by atoms with Gasteiger partial charge in [-0.05, 0) is 165 Å². The highest BCUT2D eigenvalue weighted by Crippen LogP contribution is 2.50. The van der Waals surface area contributed by atoms with Crippen molar-refractivity contribution in [1.82, 2.24) is 0 Å². The number of anilines is 6. The molecule has 13 rings (SSSR count). The van der Waals surface area contributed by atoms with E-state index < -0.39 is 0 Å². The molecule has 13 aromatic rings. The summed E-state index contributed by atoms with van der Waals surface area (Å²) in [6, 6.07) is 98.4. The lowest BCUT2D eigenvalue weighted by Gasteiger charge is -2.28. The molecule has 0 spiro atoms. The Labute approximate surface area is 470 Å². The van der Waals surface area contributed by atoms with Crippen molar-refractivity contribution in [2.75, 3.05) is 9.80 Å². The maximum absolute atomic E-state index is 2.41. The van der Waals surface area contributed by atoms with Crippen LogP contribution in [0.4, 0.5) is 34.1 Å². The predicted octanol–water partition coefficient (Wildman–Crippen LogP) is 22.1. The summed E-state index contributed by atoms with van der Waals surface area (Å²) in [5.74, 6) is 0. The second kappa shape index (κ2) is 21.4. The zero-order chi connectivity index (χ0) is 54.1. The number of hydrogen-bond acceptors (Lipinski definition) is 2. The molecule has 2 nitrogen and oxygen atoms in total. The second-order valence-electron chi connectivity index (χ2n) is 21.2. The Morgan fingerprint density at radius 2 is 0.438 bits per heavy atom. The van der Waals surface area contributed by atoms with Gasteiger partial charge in [-0.15, -0.1) is 0 Å². The molecule has 0 saturated carbocycles. The standard InChI is InChI=1S/C78H60N2/c1-53-21-29-57(30-22-53)33-35-59-37-45-63(46-38-59)79(61-41-25-55(3)26-42-61)75-51-49-73(65-13-5-7-15-67(65)75)77-69-17-9-11-19-71(69)78(72-20-12-10-18-70(72)77)74-50-52-76(68-16-8-6-14-66(68)74)80(62-43-27-56(4)28-44-62)64-47-39-60(40-48-64)36-34-58-31-23-54(2)24-32-58/h5-52H,1-4H3. The van der Waals surface area contributed by atoms with E-state index in [2.05, 4.69) is 329 Å². The topological polar surface area (TPSA) is 6.48 Å². The van der Waals surface area contributed by atoms with E-state index in [1.807, 2.05) is 0 Å². The van der Waals surface area contributed by atoms with E-state index in [9.17, 15) is 0 Å². The van der Waals surface area contributed by atoms with Crippen LogP contribution in [0.1, 0.15) is 44.5 Å². The molecule has 0 bridgehead atoms. The molecule has 0 amide bonds. The number of fused-ring (bicyclic) bond motifs is 4. The average Bonchev–Trinajstić information content (AvgIpc) is 3.66. The Kier molecular flexibility index (Phi) is 13.3. The summed E-state index contributed by atoms with van der Waals surface area (Å²) in [7, 11) is 0. The number of aryl methyl sites for hydroxylation is 4. The van der Waals surface area contributed by atoms with E-state index in [0.717, 1.165) is 45.3 Å². The highest BCUT2D eigenvalue weighted by atomic mass is 15.1. The van der Waals surface area contributed by atoms with Gasteiger partial charge in [0, 0.05) is 33.5 Å². The molecular weight excluding hydrogens is 965 g/mol. The summed E-state index contributed by atoms with van der Waals surface area (Å²) in [5, 5.41) is 9.63. The van der Waals surface area contributed by atoms with Crippen LogP contribution in [0.2, 0.25) is 0 Å². The van der Waals surface area contributed by atoms with E-state index in [4.69, 9.17) is 0 Å². The van der Waals surface area contributed by atoms with Crippen LogP contribution in [0.5, 0.6) is 0 Å². The fourth-order valence-electron chi connectivity index (χ4n) is 11.6. The van der Waals surface area contributed by atoms with Crippen LogP contribution in [-0.2, 0) is 0 Å². The van der Waals surface area contributed by atoms with E-state index in [1.165, 1.54) is 98.7 Å². The third kappa shape index (κ3) is 9.63. The SMILES string of the molecule is Cc1ccc(C=Cc2ccc(N(c3ccc(C)cc3)c3ccc(-c4c5ccccc5c(-c5ccc(N(c6ccc(C)cc6)c6ccc(C=Cc7ccc(C)cc7)cc6)c6ccccc56)c5ccccc45)c4ccccc34)cc2)cc1. The van der Waals surface area contributed by atoms with Crippen molar-refractivity contribution in [3.63, 3.8) is 0 Å². The molecule has 0 aliphatic rings. The van der Waals surface area contributed by atoms with Crippen LogP contribution < -0.4 is 9.80 Å². The summed E-state index contributed by atoms with van der Waals surface area (Å²) < 4.78 is 0. The van der Waals surface area contributed by atoms with Crippen molar-refractivity contribution in [2.24, 2.45) is 0 Å². The molecule has 382 valence electrons. The molecule has 13 aromatic carbocycles. The molecule has 0 aliphatic carbocycles. The van der Waals surface area contributed by atoms with E-state index in [1.54, 1.807) is 0 Å². The van der Waals surface area contributed by atoms with E-state index >= 15 is 0 Å². The van der Waals surface area contributed by atoms with Crippen molar-refractivity contribution in [3.05, 3.63) is 311 Å². The smallest absolute Gasteiger partial charge is 0.0540 e. The largest absolute Gasteiger partial charge is 0.310 e. The monoisotopic (exact) mass is 1020 g/mol. The number of nitrogens with zero attached hydrogens (tertiary/aromatic N) is 2. The summed E-state index contributed by atoms with van der Waals surface area (Å²) in [4.78, 5) is 4.82. The molecule has 80 heavy (non-hydrogen) atoms. The van der Waals surface area contributed by atoms with E-state index in [0.29, 0.717) is 0 Å². The maximum atomic E-state index is 2.41. The molecule has 2 heteroatoms. The molecule has 0 saturated heterocycles. The third-order valence-corrected chi connectivity index (χ3v) is 15.7. The van der Waals surface area contributed by atoms with E-state index in [-0.39, 0.29) is 0 Å². The highest BCUT2D eigenvalue weighted by molar-refractivity contribution is 6.26. The maximum Gasteiger partial charge on any atom is 0.0540 e. The molecule has 0 N–H and O–H groups in total. The van der Waals surface area contributed by atoms with Gasteiger partial charge in [0.15, 0.2) is 0 Å². The fourth-order valence-corrected chi connectivity index (χ4v) is 11.6. The first-order valence-corrected chi connectivity index (χ1v) is 27.7. The normalized spacial score (nSPS) is 11.7. The van der Waals surface area contributed by atoms with Gasteiger partial charge in [-0.2, -0.15) is 0 Å². The fraction of sp³-hybridized carbons (Fsp3) is 0.0513. The third-order valence-electron chi connectivity index (χ3n) is 15.7. The number of hydrogen-bond donors (Lipinski definition) is 0. The minimum absolute atomic E-state index is 1.10. The van der Waals surface area contributed by atoms with Crippen molar-refractivity contribution in [1.29, 1.82) is 0 Å². The molecule has 0 heterocycles. The molecule has 0 unspecified atom stereocenters. The Morgan fingerprint density at radius 1 is 0.212 bits per heavy atom. The molecule has 0 aliphatic heterocycles. The molecule has 0 aromatic heterocycles. The molecule has 0 fully saturated rings. The van der Waals surface area contributed by atoms with Gasteiger partial charge in [0.25, 0.3) is 0 Å². The number of benzene rings is 13. The summed E-state index contributed by atoms with van der Waals surface area (Å²) in [6.45, 7) is 8.55. The van der Waals surface area contributed by atoms with Gasteiger partial charge in [-0.25, -0.2) is 0 Å². The Bertz CT molecular complexity index is 4100. The van der Waals surface area contributed by atoms with Crippen molar-refractivity contribution in [2.45, 2.75) is 27.7 Å². The van der Waals surface area contributed by atoms with Gasteiger partial charge in [-0.3, -0.25) is 0 Å². The lowest BCUT2D eigenvalue weighted by Crippen LogP contribution is -2.10. The van der Waals surface area contributed by atoms with Crippen molar-refractivity contribution in [3.8, 4) is 22.3 Å². The first-order valence-electron chi connectivity index (χ1n) is 27.7. The average molecular weight is 1030 g/mol. The lowest BCUT2D eigenvalue weighted by molar-refractivity contribution is 1.29. The van der Waals surface area contributed by atoms with Crippen LogP contribution in [0.25, 0.3) is 89.6 Å². The van der Waals surface area contributed by atoms with Gasteiger partial charge < -0.3 is 9.80 Å². The first-order chi connectivity index (χ1) is 39.3. The van der Waals surface area contributed by atoms with Gasteiger partial charge in [0.1, 0.15) is 0 Å². The second-order valence-corrected chi connectivity index (χ2v) is 21.2.